The quantitative estimate of drug-likeness (QED) is 0.151. The number of aromatic nitrogens is 2. The third-order valence-electron chi connectivity index (χ3n) is 12.9. The Morgan fingerprint density at radius 1 is 0.290 bits per heavy atom. The zero-order valence-corrected chi connectivity index (χ0v) is 37.9. The number of rotatable bonds is 8. The maximum atomic E-state index is 6.74. The van der Waals surface area contributed by atoms with E-state index in [1.54, 1.807) is 0 Å². The highest BCUT2D eigenvalue weighted by Gasteiger charge is 2.29. The minimum Gasteiger partial charge on any atom is -0.453 e. The Hall–Kier alpha value is -9.04. The van der Waals surface area contributed by atoms with Gasteiger partial charge in [0.1, 0.15) is 5.01 Å². The molecule has 0 bridgehead atoms. The van der Waals surface area contributed by atoms with Gasteiger partial charge in [0.05, 0.1) is 22.7 Å². The predicted molar refractivity (Wildman–Crippen MR) is 282 cm³/mol. The van der Waals surface area contributed by atoms with Crippen LogP contribution in [0.3, 0.4) is 0 Å². The van der Waals surface area contributed by atoms with E-state index in [1.807, 2.05) is 24.3 Å². The van der Waals surface area contributed by atoms with Crippen molar-refractivity contribution in [2.75, 3.05) is 9.80 Å². The van der Waals surface area contributed by atoms with Crippen LogP contribution in [0.4, 0.5) is 34.1 Å². The topological polar surface area (TPSA) is 50.7 Å². The second-order valence-electron chi connectivity index (χ2n) is 17.1. The van der Waals surface area contributed by atoms with E-state index in [2.05, 4.69) is 228 Å². The molecule has 69 heavy (non-hydrogen) atoms. The molecule has 0 fully saturated rings. The normalized spacial score (nSPS) is 12.2. The van der Waals surface area contributed by atoms with Crippen molar-refractivity contribution in [3.63, 3.8) is 0 Å². The Labute approximate surface area is 404 Å². The van der Waals surface area contributed by atoms with E-state index in [0.29, 0.717) is 5.82 Å². The van der Waals surface area contributed by atoms with Crippen LogP contribution < -0.4 is 19.3 Å². The molecule has 2 aliphatic heterocycles. The van der Waals surface area contributed by atoms with E-state index >= 15 is 0 Å². The van der Waals surface area contributed by atoms with Crippen LogP contribution in [0, 0.1) is 0 Å². The lowest BCUT2D eigenvalue weighted by Gasteiger charge is -2.33. The first-order valence-corrected chi connectivity index (χ1v) is 23.7. The average molecular weight is 905 g/mol. The first kappa shape index (κ1) is 40.3. The Kier molecular flexibility index (Phi) is 9.91. The summed E-state index contributed by atoms with van der Waals surface area (Å²) in [5, 5.41) is 0.850. The molecular formula is C62H40N4O2S. The van der Waals surface area contributed by atoms with Crippen LogP contribution in [-0.4, -0.2) is 9.36 Å². The zero-order chi connectivity index (χ0) is 45.7. The number of ether oxygens (including phenoxy) is 2. The summed E-state index contributed by atoms with van der Waals surface area (Å²) >= 11 is 1.41. The van der Waals surface area contributed by atoms with Crippen molar-refractivity contribution in [1.82, 2.24) is 9.36 Å². The van der Waals surface area contributed by atoms with Gasteiger partial charge >= 0.3 is 0 Å². The Bertz CT molecular complexity index is 3240. The number of hydrogen-bond donors (Lipinski definition) is 0. The molecule has 0 N–H and O–H groups in total. The molecular weight excluding hydrogens is 865 g/mol. The van der Waals surface area contributed by atoms with Crippen molar-refractivity contribution in [2.45, 2.75) is 0 Å². The van der Waals surface area contributed by atoms with Gasteiger partial charge in [-0.15, -0.1) is 0 Å². The minimum absolute atomic E-state index is 0.688. The van der Waals surface area contributed by atoms with Crippen LogP contribution >= 0.6 is 11.5 Å². The molecule has 0 atom stereocenters. The van der Waals surface area contributed by atoms with Crippen molar-refractivity contribution in [3.8, 4) is 89.5 Å². The molecule has 326 valence electrons. The Morgan fingerprint density at radius 2 is 0.594 bits per heavy atom. The largest absolute Gasteiger partial charge is 0.453 e. The fourth-order valence-electron chi connectivity index (χ4n) is 9.39. The Morgan fingerprint density at radius 3 is 0.928 bits per heavy atom. The third-order valence-corrected chi connectivity index (χ3v) is 13.6. The lowest BCUT2D eigenvalue weighted by Crippen LogP contribution is -2.16. The van der Waals surface area contributed by atoms with Crippen LogP contribution in [0.2, 0.25) is 0 Å². The van der Waals surface area contributed by atoms with Gasteiger partial charge in [-0.25, -0.2) is 4.98 Å². The molecule has 0 saturated heterocycles. The molecule has 0 saturated carbocycles. The summed E-state index contributed by atoms with van der Waals surface area (Å²) in [7, 11) is 0. The second kappa shape index (κ2) is 17.0. The van der Waals surface area contributed by atoms with Gasteiger partial charge in [-0.3, -0.25) is 0 Å². The third kappa shape index (κ3) is 7.48. The van der Waals surface area contributed by atoms with E-state index in [0.717, 1.165) is 118 Å². The number of anilines is 6. The average Bonchev–Trinajstić information content (AvgIpc) is 3.93. The summed E-state index contributed by atoms with van der Waals surface area (Å²) in [6.45, 7) is 0. The van der Waals surface area contributed by atoms with Crippen molar-refractivity contribution in [2.24, 2.45) is 0 Å². The molecule has 13 rings (SSSR count). The van der Waals surface area contributed by atoms with Gasteiger partial charge in [0.15, 0.2) is 28.8 Å². The van der Waals surface area contributed by atoms with Gasteiger partial charge in [0, 0.05) is 22.5 Å². The van der Waals surface area contributed by atoms with Gasteiger partial charge < -0.3 is 19.3 Å². The summed E-state index contributed by atoms with van der Waals surface area (Å²) in [6.07, 6.45) is 0. The molecule has 6 nitrogen and oxygen atoms in total. The van der Waals surface area contributed by atoms with Gasteiger partial charge in [0.2, 0.25) is 0 Å². The van der Waals surface area contributed by atoms with Crippen LogP contribution in [-0.2, 0) is 0 Å². The molecule has 1 aromatic heterocycles. The zero-order valence-electron chi connectivity index (χ0n) is 37.1. The summed E-state index contributed by atoms with van der Waals surface area (Å²) in [6, 6.07) is 84.6. The summed E-state index contributed by atoms with van der Waals surface area (Å²) in [4.78, 5) is 9.63. The molecule has 0 unspecified atom stereocenters. The standard InChI is InChI=1S/C62H40N4O2S/c1-5-13-41(14-6-1)47-25-33-53-57(37-47)67-58-38-48(42-15-7-2-8-16-42)26-34-54(58)65(53)51-29-21-45(22-30-51)61-63-62(69-64-61)46-23-31-52(32-24-46)66-55-35-27-49(43-17-9-3-10-18-43)39-59(55)68-60-40-50(28-36-56(60)66)44-19-11-4-12-20-44/h1-40H. The van der Waals surface area contributed by atoms with Crippen molar-refractivity contribution in [1.29, 1.82) is 0 Å². The van der Waals surface area contributed by atoms with Gasteiger partial charge in [-0.2, -0.15) is 4.37 Å². The number of nitrogens with zero attached hydrogens (tertiary/aromatic N) is 4. The van der Waals surface area contributed by atoms with E-state index in [-0.39, 0.29) is 0 Å². The van der Waals surface area contributed by atoms with Crippen LogP contribution in [0.25, 0.3) is 66.5 Å². The summed E-state index contributed by atoms with van der Waals surface area (Å²) < 4.78 is 18.3. The monoisotopic (exact) mass is 904 g/mol. The van der Waals surface area contributed by atoms with Crippen molar-refractivity contribution in [3.05, 3.63) is 243 Å². The lowest BCUT2D eigenvalue weighted by atomic mass is 10.0. The molecule has 0 spiro atoms. The highest BCUT2D eigenvalue weighted by molar-refractivity contribution is 7.09. The van der Waals surface area contributed by atoms with E-state index in [1.165, 1.54) is 11.5 Å². The first-order valence-electron chi connectivity index (χ1n) is 23.0. The molecule has 7 heteroatoms. The molecule has 2 aliphatic rings. The molecule has 3 heterocycles. The molecule has 11 aromatic rings. The van der Waals surface area contributed by atoms with E-state index in [4.69, 9.17) is 18.8 Å². The van der Waals surface area contributed by atoms with Crippen molar-refractivity contribution < 1.29 is 9.47 Å². The highest BCUT2D eigenvalue weighted by atomic mass is 32.1. The molecule has 0 radical (unpaired) electrons. The highest BCUT2D eigenvalue weighted by Crippen LogP contribution is 2.54. The smallest absolute Gasteiger partial charge is 0.173 e. The second-order valence-corrected chi connectivity index (χ2v) is 17.8. The molecule has 0 amide bonds. The van der Waals surface area contributed by atoms with E-state index in [9.17, 15) is 0 Å². The van der Waals surface area contributed by atoms with Crippen LogP contribution in [0.1, 0.15) is 0 Å². The number of benzene rings is 10. The first-order chi connectivity index (χ1) is 34.2. The fourth-order valence-corrected chi connectivity index (χ4v) is 10.1. The van der Waals surface area contributed by atoms with Crippen LogP contribution in [0.15, 0.2) is 243 Å². The molecule has 10 aromatic carbocycles. The SMILES string of the molecule is c1ccc(-c2ccc3c(c2)Oc2cc(-c4ccccc4)ccc2N3c2ccc(-c3nsc(-c4ccc(N5c6ccc(-c7ccccc7)cc6Oc6cc(-c7ccccc7)ccc65)cc4)n3)cc2)cc1. The number of hydrogen-bond acceptors (Lipinski definition) is 7. The predicted octanol–water partition coefficient (Wildman–Crippen LogP) is 17.7. The van der Waals surface area contributed by atoms with Crippen LogP contribution in [0.5, 0.6) is 23.0 Å². The fraction of sp³-hybridized carbons (Fsp3) is 0. The van der Waals surface area contributed by atoms with Gasteiger partial charge in [-0.05, 0) is 153 Å². The van der Waals surface area contributed by atoms with Gasteiger partial charge in [0.25, 0.3) is 0 Å². The summed E-state index contributed by atoms with van der Waals surface area (Å²) in [5.74, 6) is 3.88. The summed E-state index contributed by atoms with van der Waals surface area (Å²) in [5.41, 5.74) is 16.8. The maximum Gasteiger partial charge on any atom is 0.173 e. The lowest BCUT2D eigenvalue weighted by molar-refractivity contribution is 0.477. The molecule has 0 aliphatic carbocycles. The van der Waals surface area contributed by atoms with Gasteiger partial charge in [-0.1, -0.05) is 146 Å². The van der Waals surface area contributed by atoms with E-state index < -0.39 is 0 Å². The maximum absolute atomic E-state index is 6.74. The minimum atomic E-state index is 0.688. The Balaban J connectivity index is 0.805. The number of fused-ring (bicyclic) bond motifs is 4. The van der Waals surface area contributed by atoms with Crippen molar-refractivity contribution >= 4 is 45.7 Å².